The molecule has 0 aromatic heterocycles. The fraction of sp³-hybridized carbons (Fsp3) is 0.556. The molecule has 2 amide bonds. The Hall–Kier alpha value is -1.84. The molecule has 0 radical (unpaired) electrons. The van der Waals surface area contributed by atoms with E-state index in [1.807, 2.05) is 52.0 Å². The predicted octanol–water partition coefficient (Wildman–Crippen LogP) is 3.04. The van der Waals surface area contributed by atoms with E-state index in [0.29, 0.717) is 13.0 Å². The van der Waals surface area contributed by atoms with E-state index in [9.17, 15) is 9.59 Å². The fourth-order valence-electron chi connectivity index (χ4n) is 2.14. The van der Waals surface area contributed by atoms with Gasteiger partial charge in [-0.15, -0.1) is 0 Å². The summed E-state index contributed by atoms with van der Waals surface area (Å²) in [6.45, 7) is 10.1. The van der Waals surface area contributed by atoms with Gasteiger partial charge in [-0.05, 0) is 32.8 Å². The van der Waals surface area contributed by atoms with Gasteiger partial charge in [-0.1, -0.05) is 43.7 Å². The molecule has 0 aliphatic heterocycles. The van der Waals surface area contributed by atoms with Gasteiger partial charge < -0.3 is 10.2 Å². The van der Waals surface area contributed by atoms with E-state index in [1.165, 1.54) is 5.56 Å². The smallest absolute Gasteiger partial charge is 0.242 e. The molecule has 0 aliphatic rings. The maximum atomic E-state index is 12.3. The highest BCUT2D eigenvalue weighted by molar-refractivity contribution is 5.87. The summed E-state index contributed by atoms with van der Waals surface area (Å²) >= 11 is 0. The van der Waals surface area contributed by atoms with Crippen molar-refractivity contribution in [1.29, 1.82) is 0 Å². The molecule has 4 nitrogen and oxygen atoms in total. The summed E-state index contributed by atoms with van der Waals surface area (Å²) < 4.78 is 0. The molecule has 1 rings (SSSR count). The van der Waals surface area contributed by atoms with Crippen LogP contribution in [0, 0.1) is 6.92 Å². The number of hydrogen-bond acceptors (Lipinski definition) is 2. The SMILES string of the molecule is CCC(=O)N(Cc1ccc(C)cc1)[C@@H](C)C(=O)N[C@H](C)CC. The van der Waals surface area contributed by atoms with Crippen molar-refractivity contribution in [3.8, 4) is 0 Å². The lowest BCUT2D eigenvalue weighted by Crippen LogP contribution is -2.49. The van der Waals surface area contributed by atoms with E-state index < -0.39 is 6.04 Å². The second-order valence-corrected chi connectivity index (χ2v) is 5.85. The van der Waals surface area contributed by atoms with Gasteiger partial charge in [0.25, 0.3) is 0 Å². The summed E-state index contributed by atoms with van der Waals surface area (Å²) in [7, 11) is 0. The van der Waals surface area contributed by atoms with Gasteiger partial charge in [0.15, 0.2) is 0 Å². The zero-order chi connectivity index (χ0) is 16.7. The van der Waals surface area contributed by atoms with Crippen LogP contribution in [0.2, 0.25) is 0 Å². The Morgan fingerprint density at radius 3 is 2.23 bits per heavy atom. The Kier molecular flexibility index (Phi) is 7.09. The Labute approximate surface area is 133 Å². The summed E-state index contributed by atoms with van der Waals surface area (Å²) in [6, 6.07) is 7.70. The summed E-state index contributed by atoms with van der Waals surface area (Å²) in [5.74, 6) is -0.101. The largest absolute Gasteiger partial charge is 0.352 e. The Morgan fingerprint density at radius 1 is 1.14 bits per heavy atom. The molecule has 0 aliphatic carbocycles. The van der Waals surface area contributed by atoms with Gasteiger partial charge in [-0.25, -0.2) is 0 Å². The van der Waals surface area contributed by atoms with Crippen LogP contribution < -0.4 is 5.32 Å². The van der Waals surface area contributed by atoms with Crippen LogP contribution in [-0.4, -0.2) is 28.8 Å². The highest BCUT2D eigenvalue weighted by Gasteiger charge is 2.25. The molecule has 0 spiro atoms. The van der Waals surface area contributed by atoms with Crippen LogP contribution in [0.1, 0.15) is 51.7 Å². The lowest BCUT2D eigenvalue weighted by molar-refractivity contribution is -0.140. The van der Waals surface area contributed by atoms with E-state index in [-0.39, 0.29) is 17.9 Å². The van der Waals surface area contributed by atoms with Gasteiger partial charge in [0.05, 0.1) is 0 Å². The van der Waals surface area contributed by atoms with Gasteiger partial charge in [-0.3, -0.25) is 9.59 Å². The van der Waals surface area contributed by atoms with Crippen molar-refractivity contribution in [1.82, 2.24) is 10.2 Å². The maximum absolute atomic E-state index is 12.3. The Bertz CT molecular complexity index is 496. The van der Waals surface area contributed by atoms with Crippen LogP contribution >= 0.6 is 0 Å². The summed E-state index contributed by atoms with van der Waals surface area (Å²) in [5, 5.41) is 2.95. The molecule has 22 heavy (non-hydrogen) atoms. The minimum absolute atomic E-state index is 0.00706. The molecule has 0 bridgehead atoms. The van der Waals surface area contributed by atoms with Crippen LogP contribution in [-0.2, 0) is 16.1 Å². The number of benzene rings is 1. The summed E-state index contributed by atoms with van der Waals surface area (Å²) in [5.41, 5.74) is 2.22. The third-order valence-corrected chi connectivity index (χ3v) is 3.94. The monoisotopic (exact) mass is 304 g/mol. The Morgan fingerprint density at radius 2 is 1.73 bits per heavy atom. The lowest BCUT2D eigenvalue weighted by Gasteiger charge is -2.29. The average molecular weight is 304 g/mol. The molecule has 1 N–H and O–H groups in total. The molecule has 4 heteroatoms. The minimum atomic E-state index is -0.470. The number of hydrogen-bond donors (Lipinski definition) is 1. The Balaban J connectivity index is 2.85. The predicted molar refractivity (Wildman–Crippen MR) is 89.4 cm³/mol. The minimum Gasteiger partial charge on any atom is -0.352 e. The number of nitrogens with one attached hydrogen (secondary N) is 1. The maximum Gasteiger partial charge on any atom is 0.242 e. The highest BCUT2D eigenvalue weighted by Crippen LogP contribution is 2.12. The first-order chi connectivity index (χ1) is 10.4. The van der Waals surface area contributed by atoms with Crippen molar-refractivity contribution in [3.05, 3.63) is 35.4 Å². The first kappa shape index (κ1) is 18.2. The second kappa shape index (κ2) is 8.57. The van der Waals surface area contributed by atoms with E-state index in [0.717, 1.165) is 12.0 Å². The van der Waals surface area contributed by atoms with Crippen LogP contribution in [0.3, 0.4) is 0 Å². The number of carbonyl (C=O) groups is 2. The fourth-order valence-corrected chi connectivity index (χ4v) is 2.14. The van der Waals surface area contributed by atoms with Crippen molar-refractivity contribution in [2.75, 3.05) is 0 Å². The number of nitrogens with zero attached hydrogens (tertiary/aromatic N) is 1. The third kappa shape index (κ3) is 5.17. The van der Waals surface area contributed by atoms with Crippen LogP contribution in [0.5, 0.6) is 0 Å². The van der Waals surface area contributed by atoms with Crippen molar-refractivity contribution in [2.45, 2.75) is 66.1 Å². The zero-order valence-electron chi connectivity index (χ0n) is 14.3. The second-order valence-electron chi connectivity index (χ2n) is 5.85. The van der Waals surface area contributed by atoms with Gasteiger partial charge in [0, 0.05) is 19.0 Å². The van der Waals surface area contributed by atoms with Gasteiger partial charge >= 0.3 is 0 Å². The number of carbonyl (C=O) groups excluding carboxylic acids is 2. The highest BCUT2D eigenvalue weighted by atomic mass is 16.2. The first-order valence-electron chi connectivity index (χ1n) is 8.04. The van der Waals surface area contributed by atoms with E-state index in [1.54, 1.807) is 11.8 Å². The molecule has 0 saturated carbocycles. The third-order valence-electron chi connectivity index (χ3n) is 3.94. The van der Waals surface area contributed by atoms with Crippen molar-refractivity contribution < 1.29 is 9.59 Å². The standard InChI is InChI=1S/C18H28N2O2/c1-6-14(4)19-18(22)15(5)20(17(21)7-2)12-16-10-8-13(3)9-11-16/h8-11,14-15H,6-7,12H2,1-5H3,(H,19,22)/t14-,15+/m1/s1. The molecule has 0 heterocycles. The summed E-state index contributed by atoms with van der Waals surface area (Å²) in [6.07, 6.45) is 1.27. The van der Waals surface area contributed by atoms with Gasteiger partial charge in [-0.2, -0.15) is 0 Å². The van der Waals surface area contributed by atoms with Crippen LogP contribution in [0.25, 0.3) is 0 Å². The number of amides is 2. The van der Waals surface area contributed by atoms with Crippen molar-refractivity contribution in [3.63, 3.8) is 0 Å². The van der Waals surface area contributed by atoms with E-state index >= 15 is 0 Å². The molecule has 1 aromatic carbocycles. The molecule has 0 unspecified atom stereocenters. The van der Waals surface area contributed by atoms with Gasteiger partial charge in [0.1, 0.15) is 6.04 Å². The molecule has 122 valence electrons. The average Bonchev–Trinajstić information content (AvgIpc) is 2.52. The molecule has 0 saturated heterocycles. The molecular formula is C18H28N2O2. The van der Waals surface area contributed by atoms with Crippen molar-refractivity contribution >= 4 is 11.8 Å². The topological polar surface area (TPSA) is 49.4 Å². The van der Waals surface area contributed by atoms with E-state index in [2.05, 4.69) is 5.32 Å². The number of aryl methyl sites for hydroxylation is 1. The first-order valence-corrected chi connectivity index (χ1v) is 8.04. The van der Waals surface area contributed by atoms with E-state index in [4.69, 9.17) is 0 Å². The normalized spacial score (nSPS) is 13.3. The summed E-state index contributed by atoms with van der Waals surface area (Å²) in [4.78, 5) is 26.2. The molecule has 0 fully saturated rings. The molecule has 2 atom stereocenters. The molecular weight excluding hydrogens is 276 g/mol. The molecule has 1 aromatic rings. The van der Waals surface area contributed by atoms with Crippen molar-refractivity contribution in [2.24, 2.45) is 0 Å². The van der Waals surface area contributed by atoms with Gasteiger partial charge in [0.2, 0.25) is 11.8 Å². The van der Waals surface area contributed by atoms with Crippen LogP contribution in [0.4, 0.5) is 0 Å². The quantitative estimate of drug-likeness (QED) is 0.841. The zero-order valence-corrected chi connectivity index (χ0v) is 14.3. The van der Waals surface area contributed by atoms with Crippen LogP contribution in [0.15, 0.2) is 24.3 Å². The lowest BCUT2D eigenvalue weighted by atomic mass is 10.1. The number of rotatable bonds is 7.